The zero-order chi connectivity index (χ0) is 7.72. The van der Waals surface area contributed by atoms with Crippen LogP contribution in [0.15, 0.2) is 0 Å². The second-order valence-electron chi connectivity index (χ2n) is 2.20. The summed E-state index contributed by atoms with van der Waals surface area (Å²) in [5, 5.41) is 13.1. The van der Waals surface area contributed by atoms with E-state index in [9.17, 15) is 9.59 Å². The number of imide groups is 1. The number of urea groups is 1. The first-order valence-electron chi connectivity index (χ1n) is 2.90. The highest BCUT2D eigenvalue weighted by Crippen LogP contribution is 2.03. The minimum absolute atomic E-state index is 0.448. The van der Waals surface area contributed by atoms with Crippen molar-refractivity contribution in [2.75, 3.05) is 0 Å². The molecular formula is C5H8N2O3. The Balaban J connectivity index is 2.66. The van der Waals surface area contributed by atoms with Gasteiger partial charge in [-0.05, 0) is 6.92 Å². The van der Waals surface area contributed by atoms with Gasteiger partial charge in [0.05, 0.1) is 5.92 Å². The molecule has 2 atom stereocenters. The summed E-state index contributed by atoms with van der Waals surface area (Å²) in [4.78, 5) is 21.1. The van der Waals surface area contributed by atoms with Crippen LogP contribution in [0.1, 0.15) is 6.92 Å². The molecule has 0 saturated carbocycles. The highest BCUT2D eigenvalue weighted by Gasteiger charge is 2.29. The van der Waals surface area contributed by atoms with Crippen LogP contribution in [-0.2, 0) is 4.79 Å². The molecule has 1 aliphatic rings. The third kappa shape index (κ3) is 1.08. The fourth-order valence-corrected chi connectivity index (χ4v) is 0.665. The van der Waals surface area contributed by atoms with Gasteiger partial charge in [0, 0.05) is 0 Å². The van der Waals surface area contributed by atoms with Crippen LogP contribution in [0.25, 0.3) is 0 Å². The molecule has 56 valence electrons. The van der Waals surface area contributed by atoms with Crippen molar-refractivity contribution in [1.29, 1.82) is 0 Å². The predicted molar refractivity (Wildman–Crippen MR) is 31.8 cm³/mol. The minimum atomic E-state index is -1.05. The van der Waals surface area contributed by atoms with Crippen LogP contribution in [0.5, 0.6) is 0 Å². The van der Waals surface area contributed by atoms with Gasteiger partial charge in [-0.25, -0.2) is 4.79 Å². The van der Waals surface area contributed by atoms with Crippen molar-refractivity contribution in [3.63, 3.8) is 0 Å². The van der Waals surface area contributed by atoms with Crippen molar-refractivity contribution >= 4 is 11.9 Å². The van der Waals surface area contributed by atoms with E-state index in [-0.39, 0.29) is 0 Å². The average molecular weight is 144 g/mol. The first-order valence-corrected chi connectivity index (χ1v) is 2.90. The van der Waals surface area contributed by atoms with E-state index in [1.54, 1.807) is 0 Å². The van der Waals surface area contributed by atoms with Crippen molar-refractivity contribution in [1.82, 2.24) is 10.6 Å². The molecule has 10 heavy (non-hydrogen) atoms. The number of hydrogen-bond acceptors (Lipinski definition) is 3. The van der Waals surface area contributed by atoms with E-state index in [4.69, 9.17) is 5.11 Å². The molecule has 1 aliphatic heterocycles. The monoisotopic (exact) mass is 144 g/mol. The Morgan fingerprint density at radius 1 is 1.50 bits per heavy atom. The van der Waals surface area contributed by atoms with Gasteiger partial charge in [-0.1, -0.05) is 0 Å². The summed E-state index contributed by atoms with van der Waals surface area (Å²) < 4.78 is 0. The summed E-state index contributed by atoms with van der Waals surface area (Å²) >= 11 is 0. The summed E-state index contributed by atoms with van der Waals surface area (Å²) in [6.07, 6.45) is -1.05. The van der Waals surface area contributed by atoms with Crippen molar-refractivity contribution in [3.05, 3.63) is 0 Å². The van der Waals surface area contributed by atoms with Crippen molar-refractivity contribution < 1.29 is 14.7 Å². The van der Waals surface area contributed by atoms with E-state index in [1.807, 2.05) is 5.32 Å². The zero-order valence-corrected chi connectivity index (χ0v) is 5.42. The van der Waals surface area contributed by atoms with Crippen LogP contribution in [0, 0.1) is 5.92 Å². The third-order valence-corrected chi connectivity index (χ3v) is 1.40. The van der Waals surface area contributed by atoms with E-state index in [2.05, 4.69) is 5.32 Å². The van der Waals surface area contributed by atoms with E-state index in [0.717, 1.165) is 0 Å². The largest absolute Gasteiger partial charge is 0.373 e. The lowest BCUT2D eigenvalue weighted by atomic mass is 10.1. The highest BCUT2D eigenvalue weighted by atomic mass is 16.3. The average Bonchev–Trinajstić information content (AvgIpc) is 1.82. The normalized spacial score (nSPS) is 33.0. The molecule has 1 rings (SSSR count). The quantitative estimate of drug-likeness (QED) is 0.398. The van der Waals surface area contributed by atoms with Crippen LogP contribution >= 0.6 is 0 Å². The minimum Gasteiger partial charge on any atom is -0.373 e. The van der Waals surface area contributed by atoms with Crippen LogP contribution in [0.3, 0.4) is 0 Å². The predicted octanol–water partition coefficient (Wildman–Crippen LogP) is -1.22. The summed E-state index contributed by atoms with van der Waals surface area (Å²) in [5.41, 5.74) is 0. The molecule has 1 heterocycles. The maximum atomic E-state index is 10.7. The van der Waals surface area contributed by atoms with Gasteiger partial charge in [-0.2, -0.15) is 0 Å². The number of hydrogen-bond donors (Lipinski definition) is 3. The molecule has 1 fully saturated rings. The second-order valence-corrected chi connectivity index (χ2v) is 2.20. The van der Waals surface area contributed by atoms with Crippen molar-refractivity contribution in [3.8, 4) is 0 Å². The summed E-state index contributed by atoms with van der Waals surface area (Å²) in [5.74, 6) is -1.02. The maximum Gasteiger partial charge on any atom is 0.323 e. The SMILES string of the molecule is C[C@H]1C(=O)NC(=O)N[C@@H]1O. The molecule has 0 unspecified atom stereocenters. The van der Waals surface area contributed by atoms with Crippen LogP contribution in [0.4, 0.5) is 4.79 Å². The van der Waals surface area contributed by atoms with Crippen LogP contribution in [0.2, 0.25) is 0 Å². The first kappa shape index (κ1) is 7.01. The molecular weight excluding hydrogens is 136 g/mol. The van der Waals surface area contributed by atoms with Gasteiger partial charge in [-0.15, -0.1) is 0 Å². The van der Waals surface area contributed by atoms with Gasteiger partial charge >= 0.3 is 6.03 Å². The topological polar surface area (TPSA) is 78.4 Å². The number of carbonyl (C=O) groups excluding carboxylic acids is 2. The fraction of sp³-hybridized carbons (Fsp3) is 0.600. The molecule has 3 amide bonds. The second kappa shape index (κ2) is 2.26. The van der Waals surface area contributed by atoms with Gasteiger partial charge < -0.3 is 10.4 Å². The Morgan fingerprint density at radius 2 is 2.10 bits per heavy atom. The zero-order valence-electron chi connectivity index (χ0n) is 5.42. The molecule has 5 nitrogen and oxygen atoms in total. The maximum absolute atomic E-state index is 10.7. The van der Waals surface area contributed by atoms with Gasteiger partial charge in [0.2, 0.25) is 5.91 Å². The number of carbonyl (C=O) groups is 2. The molecule has 0 bridgehead atoms. The molecule has 0 aliphatic carbocycles. The number of nitrogens with one attached hydrogen (secondary N) is 2. The Morgan fingerprint density at radius 3 is 2.60 bits per heavy atom. The number of amides is 3. The van der Waals surface area contributed by atoms with Crippen LogP contribution in [-0.4, -0.2) is 23.3 Å². The summed E-state index contributed by atoms with van der Waals surface area (Å²) in [6.45, 7) is 1.53. The number of aliphatic hydroxyl groups is 1. The van der Waals surface area contributed by atoms with E-state index < -0.39 is 24.1 Å². The molecule has 0 spiro atoms. The van der Waals surface area contributed by atoms with Crippen LogP contribution < -0.4 is 10.6 Å². The summed E-state index contributed by atoms with van der Waals surface area (Å²) in [6, 6.07) is -0.643. The molecule has 0 aromatic heterocycles. The third-order valence-electron chi connectivity index (χ3n) is 1.40. The standard InChI is InChI=1S/C5H8N2O3/c1-2-3(8)6-5(10)7-4(2)9/h2-3,8H,1H3,(H2,6,7,9,10)/t2-,3-/m1/s1. The summed E-state index contributed by atoms with van der Waals surface area (Å²) in [7, 11) is 0. The molecule has 5 heteroatoms. The Hall–Kier alpha value is -1.10. The lowest BCUT2D eigenvalue weighted by Crippen LogP contribution is -2.57. The lowest BCUT2D eigenvalue weighted by Gasteiger charge is -2.24. The lowest BCUT2D eigenvalue weighted by molar-refractivity contribution is -0.128. The van der Waals surface area contributed by atoms with Crippen molar-refractivity contribution in [2.45, 2.75) is 13.2 Å². The van der Waals surface area contributed by atoms with Crippen molar-refractivity contribution in [2.24, 2.45) is 5.92 Å². The molecule has 0 aromatic carbocycles. The van der Waals surface area contributed by atoms with Gasteiger partial charge in [0.1, 0.15) is 6.23 Å². The van der Waals surface area contributed by atoms with E-state index >= 15 is 0 Å². The van der Waals surface area contributed by atoms with Gasteiger partial charge in [-0.3, -0.25) is 10.1 Å². The molecule has 0 aromatic rings. The Bertz CT molecular complexity index is 180. The highest BCUT2D eigenvalue weighted by molar-refractivity contribution is 5.98. The number of rotatable bonds is 0. The smallest absolute Gasteiger partial charge is 0.323 e. The Labute approximate surface area is 57.4 Å². The molecule has 3 N–H and O–H groups in total. The Kier molecular flexibility index (Phi) is 1.58. The molecule has 1 saturated heterocycles. The number of aliphatic hydroxyl groups excluding tert-OH is 1. The first-order chi connectivity index (χ1) is 4.61. The fourth-order valence-electron chi connectivity index (χ4n) is 0.665. The van der Waals surface area contributed by atoms with Gasteiger partial charge in [0.15, 0.2) is 0 Å². The van der Waals surface area contributed by atoms with Gasteiger partial charge in [0.25, 0.3) is 0 Å². The van der Waals surface area contributed by atoms with E-state index in [1.165, 1.54) is 6.92 Å². The molecule has 0 radical (unpaired) electrons. The van der Waals surface area contributed by atoms with E-state index in [0.29, 0.717) is 0 Å².